The van der Waals surface area contributed by atoms with Crippen LogP contribution >= 0.6 is 0 Å². The Bertz CT molecular complexity index is 1270. The van der Waals surface area contributed by atoms with Crippen LogP contribution in [0.25, 0.3) is 21.5 Å². The van der Waals surface area contributed by atoms with Crippen LogP contribution < -0.4 is 5.32 Å². The van der Waals surface area contributed by atoms with Crippen molar-refractivity contribution in [3.8, 4) is 0 Å². The number of methoxy groups -OCH3 is 1. The number of rotatable bonds is 6. The molecule has 0 aliphatic carbocycles. The van der Waals surface area contributed by atoms with E-state index in [1.54, 1.807) is 0 Å². The van der Waals surface area contributed by atoms with Crippen molar-refractivity contribution in [2.45, 2.75) is 18.9 Å². The Morgan fingerprint density at radius 2 is 1.50 bits per heavy atom. The molecule has 0 unspecified atom stereocenters. The summed E-state index contributed by atoms with van der Waals surface area (Å²) in [6, 6.07) is 20.1. The number of carbonyl (C=O) groups is 2. The third kappa shape index (κ3) is 4.44. The predicted molar refractivity (Wildman–Crippen MR) is 119 cm³/mol. The molecule has 0 heterocycles. The molecule has 0 aliphatic heterocycles. The van der Waals surface area contributed by atoms with E-state index >= 15 is 0 Å². The second kappa shape index (κ2) is 9.14. The summed E-state index contributed by atoms with van der Waals surface area (Å²) in [7, 11) is 1.26. The number of hydrogen-bond acceptors (Lipinski definition) is 3. The van der Waals surface area contributed by atoms with Gasteiger partial charge in [0, 0.05) is 6.42 Å². The van der Waals surface area contributed by atoms with Crippen molar-refractivity contribution in [1.82, 2.24) is 5.32 Å². The SMILES string of the molecule is COC(=O)[C@H](Cc1c2ccccc2cc2ccccc12)NC(=O)Cc1ccc(F)c(F)c1. The first kappa shape index (κ1) is 21.4. The Hall–Kier alpha value is -3.80. The minimum Gasteiger partial charge on any atom is -0.467 e. The van der Waals surface area contributed by atoms with Crippen molar-refractivity contribution in [3.63, 3.8) is 0 Å². The van der Waals surface area contributed by atoms with Crippen molar-refractivity contribution in [2.75, 3.05) is 7.11 Å². The molecular weight excluding hydrogens is 412 g/mol. The van der Waals surface area contributed by atoms with Gasteiger partial charge in [0.05, 0.1) is 13.5 Å². The fourth-order valence-electron chi connectivity index (χ4n) is 3.95. The standard InChI is InChI=1S/C26H21F2NO3/c1-32-26(31)24(29-25(30)13-16-10-11-22(27)23(28)12-16)15-21-19-8-4-2-6-17(19)14-18-7-3-5-9-20(18)21/h2-12,14,24H,13,15H2,1H3,(H,29,30)/t24-/m0/s1. The molecule has 4 aromatic rings. The van der Waals surface area contributed by atoms with Gasteiger partial charge in [-0.25, -0.2) is 13.6 Å². The van der Waals surface area contributed by atoms with Crippen LogP contribution in [0, 0.1) is 11.6 Å². The third-order valence-electron chi connectivity index (χ3n) is 5.46. The number of carbonyl (C=O) groups excluding carboxylic acids is 2. The number of benzene rings is 4. The van der Waals surface area contributed by atoms with Crippen molar-refractivity contribution in [1.29, 1.82) is 0 Å². The second-order valence-corrected chi connectivity index (χ2v) is 7.57. The maximum absolute atomic E-state index is 13.5. The molecule has 32 heavy (non-hydrogen) atoms. The fraction of sp³-hybridized carbons (Fsp3) is 0.154. The second-order valence-electron chi connectivity index (χ2n) is 7.57. The summed E-state index contributed by atoms with van der Waals surface area (Å²) in [5.41, 5.74) is 1.22. The Balaban J connectivity index is 1.66. The van der Waals surface area contributed by atoms with Gasteiger partial charge in [-0.1, -0.05) is 54.6 Å². The van der Waals surface area contributed by atoms with Crippen molar-refractivity contribution >= 4 is 33.4 Å². The molecule has 1 amide bonds. The molecule has 1 atom stereocenters. The van der Waals surface area contributed by atoms with Crippen LogP contribution in [0.5, 0.6) is 0 Å². The van der Waals surface area contributed by atoms with E-state index in [9.17, 15) is 18.4 Å². The van der Waals surface area contributed by atoms with Crippen LogP contribution in [0.2, 0.25) is 0 Å². The van der Waals surface area contributed by atoms with Gasteiger partial charge in [0.1, 0.15) is 6.04 Å². The highest BCUT2D eigenvalue weighted by molar-refractivity contribution is 6.02. The fourth-order valence-corrected chi connectivity index (χ4v) is 3.95. The van der Waals surface area contributed by atoms with E-state index in [1.165, 1.54) is 13.2 Å². The predicted octanol–water partition coefficient (Wildman–Crippen LogP) is 4.71. The first-order valence-electron chi connectivity index (χ1n) is 10.2. The van der Waals surface area contributed by atoms with Gasteiger partial charge in [-0.05, 0) is 50.9 Å². The van der Waals surface area contributed by atoms with Crippen LogP contribution in [0.15, 0.2) is 72.8 Å². The summed E-state index contributed by atoms with van der Waals surface area (Å²) >= 11 is 0. The number of fused-ring (bicyclic) bond motifs is 2. The highest BCUT2D eigenvalue weighted by Crippen LogP contribution is 2.29. The van der Waals surface area contributed by atoms with E-state index in [2.05, 4.69) is 11.4 Å². The van der Waals surface area contributed by atoms with Crippen molar-refractivity contribution in [3.05, 3.63) is 95.6 Å². The zero-order valence-electron chi connectivity index (χ0n) is 17.4. The van der Waals surface area contributed by atoms with Crippen LogP contribution in [-0.4, -0.2) is 25.0 Å². The Kier molecular flexibility index (Phi) is 6.12. The molecule has 4 nitrogen and oxygen atoms in total. The molecule has 4 aromatic carbocycles. The molecule has 4 rings (SSSR count). The van der Waals surface area contributed by atoms with Crippen LogP contribution in [-0.2, 0) is 27.2 Å². The third-order valence-corrected chi connectivity index (χ3v) is 5.46. The highest BCUT2D eigenvalue weighted by atomic mass is 19.2. The van der Waals surface area contributed by atoms with Crippen LogP contribution in [0.3, 0.4) is 0 Å². The lowest BCUT2D eigenvalue weighted by Crippen LogP contribution is -2.43. The van der Waals surface area contributed by atoms with E-state index in [1.807, 2.05) is 48.5 Å². The molecular formula is C26H21F2NO3. The zero-order chi connectivity index (χ0) is 22.7. The van der Waals surface area contributed by atoms with Gasteiger partial charge in [0.2, 0.25) is 5.91 Å². The molecule has 0 aromatic heterocycles. The van der Waals surface area contributed by atoms with E-state index in [0.717, 1.165) is 39.2 Å². The summed E-state index contributed by atoms with van der Waals surface area (Å²) < 4.78 is 31.6. The van der Waals surface area contributed by atoms with Crippen LogP contribution in [0.1, 0.15) is 11.1 Å². The molecule has 0 saturated heterocycles. The largest absolute Gasteiger partial charge is 0.467 e. The first-order valence-corrected chi connectivity index (χ1v) is 10.2. The molecule has 0 bridgehead atoms. The average molecular weight is 433 g/mol. The first-order chi connectivity index (χ1) is 15.5. The lowest BCUT2D eigenvalue weighted by atomic mass is 9.92. The van der Waals surface area contributed by atoms with E-state index in [4.69, 9.17) is 4.74 Å². The Labute approximate surface area is 183 Å². The van der Waals surface area contributed by atoms with Crippen molar-refractivity contribution in [2.24, 2.45) is 0 Å². The summed E-state index contributed by atoms with van der Waals surface area (Å²) in [5.74, 6) is -3.08. The van der Waals surface area contributed by atoms with E-state index in [0.29, 0.717) is 5.56 Å². The van der Waals surface area contributed by atoms with Crippen LogP contribution in [0.4, 0.5) is 8.78 Å². The molecule has 0 aliphatic rings. The maximum Gasteiger partial charge on any atom is 0.328 e. The smallest absolute Gasteiger partial charge is 0.328 e. The van der Waals surface area contributed by atoms with Gasteiger partial charge >= 0.3 is 5.97 Å². The number of ether oxygens (including phenoxy) is 1. The monoisotopic (exact) mass is 433 g/mol. The Morgan fingerprint density at radius 1 is 0.875 bits per heavy atom. The van der Waals surface area contributed by atoms with Gasteiger partial charge < -0.3 is 10.1 Å². The van der Waals surface area contributed by atoms with E-state index < -0.39 is 29.6 Å². The number of esters is 1. The number of hydrogen-bond donors (Lipinski definition) is 1. The molecule has 0 fully saturated rings. The minimum absolute atomic E-state index is 0.193. The molecule has 0 saturated carbocycles. The zero-order valence-corrected chi connectivity index (χ0v) is 17.4. The molecule has 1 N–H and O–H groups in total. The quantitative estimate of drug-likeness (QED) is 0.354. The lowest BCUT2D eigenvalue weighted by Gasteiger charge is -2.19. The highest BCUT2D eigenvalue weighted by Gasteiger charge is 2.24. The Morgan fingerprint density at radius 3 is 2.09 bits per heavy atom. The van der Waals surface area contributed by atoms with Gasteiger partial charge in [-0.15, -0.1) is 0 Å². The molecule has 6 heteroatoms. The normalized spacial score (nSPS) is 12.0. The molecule has 0 radical (unpaired) electrons. The minimum atomic E-state index is -1.03. The summed E-state index contributed by atoms with van der Waals surface area (Å²) in [6.07, 6.45) is 0.0268. The molecule has 162 valence electrons. The summed E-state index contributed by atoms with van der Waals surface area (Å²) in [6.45, 7) is 0. The lowest BCUT2D eigenvalue weighted by molar-refractivity contribution is -0.145. The topological polar surface area (TPSA) is 55.4 Å². The number of halogens is 2. The average Bonchev–Trinajstić information content (AvgIpc) is 2.80. The number of amides is 1. The van der Waals surface area contributed by atoms with Gasteiger partial charge in [0.25, 0.3) is 0 Å². The molecule has 0 spiro atoms. The summed E-state index contributed by atoms with van der Waals surface area (Å²) in [5, 5.41) is 6.71. The van der Waals surface area contributed by atoms with E-state index in [-0.39, 0.29) is 12.8 Å². The summed E-state index contributed by atoms with van der Waals surface area (Å²) in [4.78, 5) is 25.2. The van der Waals surface area contributed by atoms with Gasteiger partial charge in [-0.3, -0.25) is 4.79 Å². The van der Waals surface area contributed by atoms with Gasteiger partial charge in [-0.2, -0.15) is 0 Å². The van der Waals surface area contributed by atoms with Crippen molar-refractivity contribution < 1.29 is 23.1 Å². The maximum atomic E-state index is 13.5. The van der Waals surface area contributed by atoms with Gasteiger partial charge in [0.15, 0.2) is 11.6 Å². The number of nitrogens with one attached hydrogen (secondary N) is 1.